The first-order valence-electron chi connectivity index (χ1n) is 9.96. The Balaban J connectivity index is 1.61. The maximum Gasteiger partial charge on any atom is 0.262 e. The Morgan fingerprint density at radius 1 is 1.14 bits per heavy atom. The molecule has 0 radical (unpaired) electrons. The molecule has 0 aliphatic carbocycles. The third-order valence-corrected chi connectivity index (χ3v) is 4.90. The van der Waals surface area contributed by atoms with Crippen molar-refractivity contribution in [3.05, 3.63) is 48.0 Å². The van der Waals surface area contributed by atoms with Crippen LogP contribution in [-0.4, -0.2) is 32.1 Å². The average Bonchev–Trinajstić information content (AvgIpc) is 2.71. The second-order valence-electron chi connectivity index (χ2n) is 7.59. The van der Waals surface area contributed by atoms with Crippen LogP contribution in [0.2, 0.25) is 0 Å². The topological polar surface area (TPSA) is 67.9 Å². The number of carbonyl (C=O) groups excluding carboxylic acids is 2. The highest BCUT2D eigenvalue weighted by Crippen LogP contribution is 2.31. The number of amides is 2. The zero-order chi connectivity index (χ0) is 20.8. The quantitative estimate of drug-likeness (QED) is 0.731. The van der Waals surface area contributed by atoms with E-state index in [1.165, 1.54) is 0 Å². The van der Waals surface area contributed by atoms with E-state index < -0.39 is 0 Å². The maximum atomic E-state index is 12.3. The molecule has 0 unspecified atom stereocenters. The molecule has 1 heterocycles. The smallest absolute Gasteiger partial charge is 0.262 e. The predicted molar refractivity (Wildman–Crippen MR) is 114 cm³/mol. The van der Waals surface area contributed by atoms with E-state index in [0.717, 1.165) is 24.2 Å². The highest BCUT2D eigenvalue weighted by Gasteiger charge is 2.24. The van der Waals surface area contributed by atoms with Crippen molar-refractivity contribution < 1.29 is 19.1 Å². The Bertz CT molecular complexity index is 879. The van der Waals surface area contributed by atoms with Gasteiger partial charge in [0.2, 0.25) is 5.91 Å². The van der Waals surface area contributed by atoms with Gasteiger partial charge in [0.05, 0.1) is 7.11 Å². The second kappa shape index (κ2) is 9.45. The van der Waals surface area contributed by atoms with Crippen LogP contribution in [0, 0.1) is 5.92 Å². The average molecular weight is 396 g/mol. The molecule has 2 amide bonds. The third-order valence-electron chi connectivity index (χ3n) is 4.90. The van der Waals surface area contributed by atoms with E-state index >= 15 is 0 Å². The molecule has 0 saturated carbocycles. The highest BCUT2D eigenvalue weighted by molar-refractivity contribution is 5.97. The minimum atomic E-state index is -0.240. The fourth-order valence-electron chi connectivity index (χ4n) is 3.31. The lowest BCUT2D eigenvalue weighted by atomic mass is 9.99. The molecular formula is C23H28N2O4. The monoisotopic (exact) mass is 396 g/mol. The first-order chi connectivity index (χ1) is 14.0. The van der Waals surface area contributed by atoms with Crippen molar-refractivity contribution in [1.82, 2.24) is 0 Å². The van der Waals surface area contributed by atoms with Crippen LogP contribution in [0.5, 0.6) is 11.5 Å². The first-order valence-corrected chi connectivity index (χ1v) is 9.96. The lowest BCUT2D eigenvalue weighted by molar-refractivity contribution is -0.119. The fraction of sp³-hybridized carbons (Fsp3) is 0.391. The first kappa shape index (κ1) is 20.7. The summed E-state index contributed by atoms with van der Waals surface area (Å²) in [5, 5.41) is 2.87. The molecule has 1 aliphatic heterocycles. The van der Waals surface area contributed by atoms with Crippen molar-refractivity contribution in [1.29, 1.82) is 0 Å². The summed E-state index contributed by atoms with van der Waals surface area (Å²) in [6.45, 7) is 4.94. The number of carbonyl (C=O) groups is 2. The van der Waals surface area contributed by atoms with Gasteiger partial charge in [-0.15, -0.1) is 0 Å². The number of hydrogen-bond donors (Lipinski definition) is 1. The summed E-state index contributed by atoms with van der Waals surface area (Å²) in [5.74, 6) is 1.72. The number of methoxy groups -OCH3 is 1. The van der Waals surface area contributed by atoms with Crippen LogP contribution in [0.1, 0.15) is 32.3 Å². The third kappa shape index (κ3) is 5.50. The van der Waals surface area contributed by atoms with Gasteiger partial charge in [-0.3, -0.25) is 9.59 Å². The molecule has 2 aromatic carbocycles. The van der Waals surface area contributed by atoms with Crippen molar-refractivity contribution in [2.24, 2.45) is 5.92 Å². The molecule has 1 N–H and O–H groups in total. The summed E-state index contributed by atoms with van der Waals surface area (Å²) < 4.78 is 10.7. The van der Waals surface area contributed by atoms with Crippen molar-refractivity contribution in [2.75, 3.05) is 30.5 Å². The molecule has 0 spiro atoms. The van der Waals surface area contributed by atoms with Crippen LogP contribution < -0.4 is 19.7 Å². The molecule has 0 fully saturated rings. The van der Waals surface area contributed by atoms with Crippen molar-refractivity contribution in [3.8, 4) is 11.5 Å². The zero-order valence-electron chi connectivity index (χ0n) is 17.2. The fourth-order valence-corrected chi connectivity index (χ4v) is 3.31. The number of fused-ring (bicyclic) bond motifs is 1. The molecule has 0 aromatic heterocycles. The summed E-state index contributed by atoms with van der Waals surface area (Å²) in [7, 11) is 1.58. The van der Waals surface area contributed by atoms with Gasteiger partial charge < -0.3 is 19.7 Å². The number of benzene rings is 2. The van der Waals surface area contributed by atoms with Crippen molar-refractivity contribution >= 4 is 23.2 Å². The van der Waals surface area contributed by atoms with Crippen LogP contribution in [-0.2, 0) is 16.0 Å². The van der Waals surface area contributed by atoms with E-state index in [1.54, 1.807) is 19.2 Å². The Kier molecular flexibility index (Phi) is 6.75. The predicted octanol–water partition coefficient (Wildman–Crippen LogP) is 4.04. The lowest BCUT2D eigenvalue weighted by Crippen LogP contribution is -2.36. The van der Waals surface area contributed by atoms with E-state index in [9.17, 15) is 9.59 Å². The number of aryl methyl sites for hydroxylation is 1. The molecular weight excluding hydrogens is 368 g/mol. The molecule has 6 nitrogen and oxygen atoms in total. The number of nitrogens with one attached hydrogen (secondary N) is 1. The summed E-state index contributed by atoms with van der Waals surface area (Å²) >= 11 is 0. The molecule has 0 saturated heterocycles. The van der Waals surface area contributed by atoms with Crippen LogP contribution in [0.3, 0.4) is 0 Å². The molecule has 1 aliphatic rings. The highest BCUT2D eigenvalue weighted by atomic mass is 16.5. The summed E-state index contributed by atoms with van der Waals surface area (Å²) in [4.78, 5) is 26.5. The SMILES string of the molecule is COc1cccc(OCC(=O)Nc2ccc3c(c2)CCC(=O)N3CCC(C)C)c1. The Morgan fingerprint density at radius 2 is 1.93 bits per heavy atom. The number of anilines is 2. The molecule has 0 bridgehead atoms. The van der Waals surface area contributed by atoms with Gasteiger partial charge in [-0.25, -0.2) is 0 Å². The van der Waals surface area contributed by atoms with Crippen LogP contribution in [0.25, 0.3) is 0 Å². The summed E-state index contributed by atoms with van der Waals surface area (Å²) in [5.41, 5.74) is 2.74. The molecule has 2 aromatic rings. The molecule has 29 heavy (non-hydrogen) atoms. The standard InChI is InChI=1S/C23H28N2O4/c1-16(2)11-12-25-21-9-8-18(13-17(21)7-10-23(25)27)24-22(26)15-29-20-6-4-5-19(14-20)28-3/h4-6,8-9,13-14,16H,7,10-12,15H2,1-3H3,(H,24,26). The lowest BCUT2D eigenvalue weighted by Gasteiger charge is -2.30. The van der Waals surface area contributed by atoms with Crippen molar-refractivity contribution in [2.45, 2.75) is 33.1 Å². The zero-order valence-corrected chi connectivity index (χ0v) is 17.2. The number of rotatable bonds is 8. The van der Waals surface area contributed by atoms with Gasteiger partial charge in [0, 0.05) is 30.4 Å². The number of nitrogens with zero attached hydrogens (tertiary/aromatic N) is 1. The minimum Gasteiger partial charge on any atom is -0.497 e. The van der Waals surface area contributed by atoms with Gasteiger partial charge in [0.15, 0.2) is 6.61 Å². The van der Waals surface area contributed by atoms with Crippen LogP contribution in [0.15, 0.2) is 42.5 Å². The Morgan fingerprint density at radius 3 is 2.69 bits per heavy atom. The largest absolute Gasteiger partial charge is 0.497 e. The molecule has 0 atom stereocenters. The van der Waals surface area contributed by atoms with E-state index in [0.29, 0.717) is 35.9 Å². The van der Waals surface area contributed by atoms with Crippen LogP contribution in [0.4, 0.5) is 11.4 Å². The Labute approximate surface area is 171 Å². The van der Waals surface area contributed by atoms with Gasteiger partial charge in [-0.05, 0) is 54.7 Å². The summed E-state index contributed by atoms with van der Waals surface area (Å²) in [6.07, 6.45) is 2.16. The van der Waals surface area contributed by atoms with Gasteiger partial charge in [-0.1, -0.05) is 19.9 Å². The molecule has 154 valence electrons. The second-order valence-corrected chi connectivity index (χ2v) is 7.59. The van der Waals surface area contributed by atoms with Crippen LogP contribution >= 0.6 is 0 Å². The summed E-state index contributed by atoms with van der Waals surface area (Å²) in [6, 6.07) is 12.8. The van der Waals surface area contributed by atoms with E-state index in [-0.39, 0.29) is 18.4 Å². The van der Waals surface area contributed by atoms with Gasteiger partial charge in [0.1, 0.15) is 11.5 Å². The van der Waals surface area contributed by atoms with Crippen molar-refractivity contribution in [3.63, 3.8) is 0 Å². The van der Waals surface area contributed by atoms with Gasteiger partial charge in [-0.2, -0.15) is 0 Å². The van der Waals surface area contributed by atoms with Gasteiger partial charge in [0.25, 0.3) is 5.91 Å². The van der Waals surface area contributed by atoms with E-state index in [2.05, 4.69) is 19.2 Å². The molecule has 6 heteroatoms. The normalized spacial score (nSPS) is 13.2. The molecule has 3 rings (SSSR count). The number of hydrogen-bond acceptors (Lipinski definition) is 4. The van der Waals surface area contributed by atoms with Gasteiger partial charge >= 0.3 is 0 Å². The minimum absolute atomic E-state index is 0.0940. The Hall–Kier alpha value is -3.02. The maximum absolute atomic E-state index is 12.3. The number of ether oxygens (including phenoxy) is 2. The van der Waals surface area contributed by atoms with E-state index in [1.807, 2.05) is 35.2 Å². The van der Waals surface area contributed by atoms with E-state index in [4.69, 9.17) is 9.47 Å².